The summed E-state index contributed by atoms with van der Waals surface area (Å²) in [5.41, 5.74) is 3.18. The summed E-state index contributed by atoms with van der Waals surface area (Å²) in [7, 11) is 3.29. The Balaban J connectivity index is 1.98. The van der Waals surface area contributed by atoms with Gasteiger partial charge in [-0.15, -0.1) is 0 Å². The van der Waals surface area contributed by atoms with Crippen molar-refractivity contribution in [3.05, 3.63) is 138 Å². The second kappa shape index (κ2) is 10.2. The molecule has 0 heterocycles. The highest BCUT2D eigenvalue weighted by Gasteiger charge is 2.35. The molecule has 166 valence electrons. The molecule has 0 saturated heterocycles. The number of rotatable bonds is 8. The van der Waals surface area contributed by atoms with Crippen molar-refractivity contribution in [1.29, 1.82) is 0 Å². The molecular formula is C29H26O4. The van der Waals surface area contributed by atoms with Crippen LogP contribution >= 0.6 is 0 Å². The molecule has 4 rings (SSSR count). The number of benzene rings is 4. The lowest BCUT2D eigenvalue weighted by Crippen LogP contribution is -2.28. The van der Waals surface area contributed by atoms with E-state index in [2.05, 4.69) is 0 Å². The summed E-state index contributed by atoms with van der Waals surface area (Å²) >= 11 is 0. The zero-order chi connectivity index (χ0) is 23.1. The molecule has 0 radical (unpaired) electrons. The predicted octanol–water partition coefficient (Wildman–Crippen LogP) is 6.57. The van der Waals surface area contributed by atoms with Gasteiger partial charge in [0.2, 0.25) is 0 Å². The SMILES string of the molecule is COc1ccc(C(=CC(OO)(c2ccccc2)c2ccccc2)c2ccc(OC)cc2)cc1. The molecule has 33 heavy (non-hydrogen) atoms. The van der Waals surface area contributed by atoms with Crippen LogP contribution in [0.15, 0.2) is 115 Å². The summed E-state index contributed by atoms with van der Waals surface area (Å²) < 4.78 is 10.7. The summed E-state index contributed by atoms with van der Waals surface area (Å²) in [4.78, 5) is 5.35. The van der Waals surface area contributed by atoms with Gasteiger partial charge in [0.05, 0.1) is 14.2 Å². The molecule has 0 spiro atoms. The Bertz CT molecular complexity index is 1090. The van der Waals surface area contributed by atoms with E-state index < -0.39 is 5.60 Å². The van der Waals surface area contributed by atoms with Gasteiger partial charge in [0.25, 0.3) is 0 Å². The van der Waals surface area contributed by atoms with Crippen LogP contribution in [-0.4, -0.2) is 19.5 Å². The Morgan fingerprint density at radius 3 is 1.33 bits per heavy atom. The third-order valence-corrected chi connectivity index (χ3v) is 5.70. The van der Waals surface area contributed by atoms with Gasteiger partial charge in [0.1, 0.15) is 11.5 Å². The number of hydrogen-bond donors (Lipinski definition) is 1. The van der Waals surface area contributed by atoms with Crippen LogP contribution in [0, 0.1) is 0 Å². The van der Waals surface area contributed by atoms with E-state index in [0.717, 1.165) is 39.3 Å². The summed E-state index contributed by atoms with van der Waals surface area (Å²) in [6, 6.07) is 35.0. The van der Waals surface area contributed by atoms with Crippen LogP contribution in [0.2, 0.25) is 0 Å². The molecule has 4 nitrogen and oxygen atoms in total. The quantitative estimate of drug-likeness (QED) is 0.250. The van der Waals surface area contributed by atoms with Gasteiger partial charge in [-0.1, -0.05) is 84.9 Å². The van der Waals surface area contributed by atoms with E-state index in [0.29, 0.717) is 0 Å². The van der Waals surface area contributed by atoms with Crippen molar-refractivity contribution in [1.82, 2.24) is 0 Å². The van der Waals surface area contributed by atoms with Gasteiger partial charge in [0, 0.05) is 0 Å². The van der Waals surface area contributed by atoms with E-state index in [-0.39, 0.29) is 0 Å². The summed E-state index contributed by atoms with van der Waals surface area (Å²) in [5, 5.41) is 10.4. The molecule has 4 heteroatoms. The van der Waals surface area contributed by atoms with Crippen molar-refractivity contribution >= 4 is 5.57 Å². The van der Waals surface area contributed by atoms with Crippen LogP contribution in [0.25, 0.3) is 5.57 Å². The van der Waals surface area contributed by atoms with Crippen LogP contribution in [-0.2, 0) is 10.5 Å². The second-order valence-corrected chi connectivity index (χ2v) is 7.57. The predicted molar refractivity (Wildman–Crippen MR) is 130 cm³/mol. The molecule has 0 bridgehead atoms. The minimum Gasteiger partial charge on any atom is -0.497 e. The lowest BCUT2D eigenvalue weighted by atomic mass is 9.82. The maximum absolute atomic E-state index is 10.4. The first-order valence-electron chi connectivity index (χ1n) is 10.7. The summed E-state index contributed by atoms with van der Waals surface area (Å²) in [6.45, 7) is 0. The first-order chi connectivity index (χ1) is 16.2. The van der Waals surface area contributed by atoms with Gasteiger partial charge in [-0.3, -0.25) is 5.26 Å². The van der Waals surface area contributed by atoms with E-state index in [1.807, 2.05) is 115 Å². The summed E-state index contributed by atoms with van der Waals surface area (Å²) in [5.74, 6) is 1.53. The fraction of sp³-hybridized carbons (Fsp3) is 0.103. The lowest BCUT2D eigenvalue weighted by Gasteiger charge is -2.30. The number of ether oxygens (including phenoxy) is 2. The maximum Gasteiger partial charge on any atom is 0.172 e. The molecule has 0 aliphatic heterocycles. The first-order valence-corrected chi connectivity index (χ1v) is 10.7. The van der Waals surface area contributed by atoms with Gasteiger partial charge in [0.15, 0.2) is 5.60 Å². The molecule has 0 aliphatic rings. The second-order valence-electron chi connectivity index (χ2n) is 7.57. The molecule has 4 aromatic rings. The van der Waals surface area contributed by atoms with E-state index in [1.165, 1.54) is 0 Å². The average molecular weight is 439 g/mol. The van der Waals surface area contributed by atoms with Crippen molar-refractivity contribution < 1.29 is 19.6 Å². The molecule has 4 aromatic carbocycles. The Morgan fingerprint density at radius 1 is 0.606 bits per heavy atom. The number of methoxy groups -OCH3 is 2. The van der Waals surface area contributed by atoms with E-state index in [1.54, 1.807) is 14.2 Å². The Morgan fingerprint density at radius 2 is 1.00 bits per heavy atom. The van der Waals surface area contributed by atoms with Crippen LogP contribution < -0.4 is 9.47 Å². The van der Waals surface area contributed by atoms with E-state index in [9.17, 15) is 5.26 Å². The molecule has 0 aliphatic carbocycles. The first kappa shape index (κ1) is 22.3. The van der Waals surface area contributed by atoms with E-state index >= 15 is 0 Å². The Hall–Kier alpha value is -3.86. The van der Waals surface area contributed by atoms with Crippen molar-refractivity contribution in [2.24, 2.45) is 0 Å². The van der Waals surface area contributed by atoms with Gasteiger partial charge < -0.3 is 9.47 Å². The fourth-order valence-corrected chi connectivity index (χ4v) is 3.91. The largest absolute Gasteiger partial charge is 0.497 e. The van der Waals surface area contributed by atoms with Gasteiger partial charge in [-0.2, -0.15) is 0 Å². The number of hydrogen-bond acceptors (Lipinski definition) is 4. The van der Waals surface area contributed by atoms with Crippen LogP contribution in [0.4, 0.5) is 0 Å². The molecule has 1 N–H and O–H groups in total. The monoisotopic (exact) mass is 438 g/mol. The van der Waals surface area contributed by atoms with Gasteiger partial charge in [-0.25, -0.2) is 4.89 Å². The fourth-order valence-electron chi connectivity index (χ4n) is 3.91. The van der Waals surface area contributed by atoms with Gasteiger partial charge in [-0.05, 0) is 58.2 Å². The third-order valence-electron chi connectivity index (χ3n) is 5.70. The van der Waals surface area contributed by atoms with Gasteiger partial charge >= 0.3 is 0 Å². The Labute approximate surface area is 194 Å². The lowest BCUT2D eigenvalue weighted by molar-refractivity contribution is -0.299. The molecule has 0 atom stereocenters. The zero-order valence-electron chi connectivity index (χ0n) is 18.6. The Kier molecular flexibility index (Phi) is 6.89. The molecule has 0 fully saturated rings. The van der Waals surface area contributed by atoms with Crippen molar-refractivity contribution in [2.75, 3.05) is 14.2 Å². The normalized spacial score (nSPS) is 11.0. The summed E-state index contributed by atoms with van der Waals surface area (Å²) in [6.07, 6.45) is 1.96. The molecular weight excluding hydrogens is 412 g/mol. The van der Waals surface area contributed by atoms with Crippen LogP contribution in [0.3, 0.4) is 0 Å². The third kappa shape index (κ3) is 4.67. The highest BCUT2D eigenvalue weighted by atomic mass is 17.1. The minimum absolute atomic E-state index is 0.767. The maximum atomic E-state index is 10.4. The zero-order valence-corrected chi connectivity index (χ0v) is 18.6. The highest BCUT2D eigenvalue weighted by molar-refractivity contribution is 5.81. The molecule has 0 amide bonds. The van der Waals surface area contributed by atoms with Crippen molar-refractivity contribution in [2.45, 2.75) is 5.60 Å². The molecule has 0 aromatic heterocycles. The smallest absolute Gasteiger partial charge is 0.172 e. The molecule has 0 unspecified atom stereocenters. The average Bonchev–Trinajstić information content (AvgIpc) is 2.91. The van der Waals surface area contributed by atoms with Crippen molar-refractivity contribution in [3.8, 4) is 11.5 Å². The molecule has 0 saturated carbocycles. The van der Waals surface area contributed by atoms with Crippen LogP contribution in [0.1, 0.15) is 22.3 Å². The van der Waals surface area contributed by atoms with E-state index in [4.69, 9.17) is 14.4 Å². The topological polar surface area (TPSA) is 47.9 Å². The standard InChI is InChI=1S/C29H26O4/c1-31-26-17-13-22(14-18-26)28(23-15-19-27(32-2)20-16-23)21-29(33-30,24-9-5-3-6-10-24)25-11-7-4-8-12-25/h3-21,30H,1-2H3. The minimum atomic E-state index is -1.22. The van der Waals surface area contributed by atoms with Crippen molar-refractivity contribution in [3.63, 3.8) is 0 Å². The highest BCUT2D eigenvalue weighted by Crippen LogP contribution is 2.39. The van der Waals surface area contributed by atoms with Crippen LogP contribution in [0.5, 0.6) is 11.5 Å².